The lowest BCUT2D eigenvalue weighted by atomic mass is 9.90. The van der Waals surface area contributed by atoms with E-state index in [2.05, 4.69) is 0 Å². The van der Waals surface area contributed by atoms with Crippen molar-refractivity contribution in [3.8, 4) is 0 Å². The Labute approximate surface area is 81.5 Å². The van der Waals surface area contributed by atoms with Gasteiger partial charge in [-0.1, -0.05) is 19.3 Å². The average Bonchev–Trinajstić information content (AvgIpc) is 2.04. The van der Waals surface area contributed by atoms with Crippen molar-refractivity contribution in [1.82, 2.24) is 0 Å². The van der Waals surface area contributed by atoms with Crippen LogP contribution < -0.4 is 0 Å². The van der Waals surface area contributed by atoms with Crippen molar-refractivity contribution in [3.63, 3.8) is 0 Å². The molecule has 0 unspecified atom stereocenters. The molecular formula is C11H22O2. The van der Waals surface area contributed by atoms with E-state index < -0.39 is 0 Å². The summed E-state index contributed by atoms with van der Waals surface area (Å²) in [5.74, 6) is 0.732. The Hall–Kier alpha value is -0.0800. The second-order valence-electron chi connectivity index (χ2n) is 4.98. The van der Waals surface area contributed by atoms with Gasteiger partial charge in [0.1, 0.15) is 0 Å². The Balaban J connectivity index is 2.04. The van der Waals surface area contributed by atoms with Gasteiger partial charge in [-0.25, -0.2) is 9.78 Å². The van der Waals surface area contributed by atoms with Crippen LogP contribution >= 0.6 is 0 Å². The van der Waals surface area contributed by atoms with E-state index in [0.29, 0.717) is 0 Å². The van der Waals surface area contributed by atoms with Crippen molar-refractivity contribution >= 4 is 0 Å². The fourth-order valence-electron chi connectivity index (χ4n) is 1.66. The van der Waals surface area contributed by atoms with Gasteiger partial charge >= 0.3 is 0 Å². The molecule has 0 heterocycles. The van der Waals surface area contributed by atoms with E-state index in [9.17, 15) is 0 Å². The van der Waals surface area contributed by atoms with Gasteiger partial charge in [0.25, 0.3) is 0 Å². The lowest BCUT2D eigenvalue weighted by Crippen LogP contribution is -2.22. The van der Waals surface area contributed by atoms with Crippen LogP contribution in [0.15, 0.2) is 0 Å². The molecule has 0 spiro atoms. The van der Waals surface area contributed by atoms with Gasteiger partial charge in [0.15, 0.2) is 0 Å². The van der Waals surface area contributed by atoms with Crippen LogP contribution in [0.25, 0.3) is 0 Å². The zero-order valence-electron chi connectivity index (χ0n) is 9.14. The van der Waals surface area contributed by atoms with E-state index in [-0.39, 0.29) is 5.60 Å². The Morgan fingerprint density at radius 3 is 2.23 bits per heavy atom. The summed E-state index contributed by atoms with van der Waals surface area (Å²) >= 11 is 0. The largest absolute Gasteiger partial charge is 0.236 e. The summed E-state index contributed by atoms with van der Waals surface area (Å²) in [6.45, 7) is 6.80. The average molecular weight is 186 g/mol. The third-order valence-electron chi connectivity index (χ3n) is 2.34. The predicted octanol–water partition coefficient (Wildman–Crippen LogP) is 3.31. The van der Waals surface area contributed by atoms with E-state index in [0.717, 1.165) is 12.5 Å². The Morgan fingerprint density at radius 2 is 1.69 bits per heavy atom. The first-order chi connectivity index (χ1) is 6.08. The molecule has 13 heavy (non-hydrogen) atoms. The van der Waals surface area contributed by atoms with Crippen molar-refractivity contribution in [3.05, 3.63) is 0 Å². The SMILES string of the molecule is CC(C)(C)OOCC1CCCCC1. The first kappa shape index (κ1) is 11.0. The molecule has 1 aliphatic rings. The zero-order valence-corrected chi connectivity index (χ0v) is 9.14. The molecule has 0 N–H and O–H groups in total. The van der Waals surface area contributed by atoms with Crippen molar-refractivity contribution < 1.29 is 9.78 Å². The molecule has 0 atom stereocenters. The number of hydrogen-bond donors (Lipinski definition) is 0. The lowest BCUT2D eigenvalue weighted by Gasteiger charge is -2.23. The van der Waals surface area contributed by atoms with E-state index in [4.69, 9.17) is 9.78 Å². The highest BCUT2D eigenvalue weighted by Gasteiger charge is 2.16. The fraction of sp³-hybridized carbons (Fsp3) is 1.00. The molecule has 2 heteroatoms. The number of rotatable bonds is 3. The van der Waals surface area contributed by atoms with Gasteiger partial charge in [0, 0.05) is 0 Å². The zero-order chi connectivity index (χ0) is 9.73. The van der Waals surface area contributed by atoms with E-state index in [1.54, 1.807) is 0 Å². The molecule has 0 radical (unpaired) electrons. The fourth-order valence-corrected chi connectivity index (χ4v) is 1.66. The highest BCUT2D eigenvalue weighted by atomic mass is 17.2. The molecule has 1 aliphatic carbocycles. The van der Waals surface area contributed by atoms with Crippen LogP contribution in [0, 0.1) is 5.92 Å². The summed E-state index contributed by atoms with van der Waals surface area (Å²) in [5, 5.41) is 0. The smallest absolute Gasteiger partial charge is 0.0952 e. The van der Waals surface area contributed by atoms with Crippen LogP contribution in [-0.2, 0) is 9.78 Å². The maximum Gasteiger partial charge on any atom is 0.0952 e. The quantitative estimate of drug-likeness (QED) is 0.497. The Morgan fingerprint density at radius 1 is 1.08 bits per heavy atom. The second-order valence-corrected chi connectivity index (χ2v) is 4.98. The highest BCUT2D eigenvalue weighted by molar-refractivity contribution is 4.64. The monoisotopic (exact) mass is 186 g/mol. The molecule has 0 aromatic heterocycles. The van der Waals surface area contributed by atoms with Gasteiger partial charge in [-0.3, -0.25) is 0 Å². The first-order valence-electron chi connectivity index (χ1n) is 5.38. The minimum Gasteiger partial charge on any atom is -0.236 e. The molecule has 2 nitrogen and oxygen atoms in total. The van der Waals surface area contributed by atoms with Gasteiger partial charge in [-0.15, -0.1) is 0 Å². The van der Waals surface area contributed by atoms with Crippen molar-refractivity contribution in [2.75, 3.05) is 6.61 Å². The molecule has 1 saturated carbocycles. The first-order valence-corrected chi connectivity index (χ1v) is 5.38. The van der Waals surface area contributed by atoms with Crippen LogP contribution in [0.1, 0.15) is 52.9 Å². The third-order valence-corrected chi connectivity index (χ3v) is 2.34. The van der Waals surface area contributed by atoms with Gasteiger partial charge in [-0.2, -0.15) is 0 Å². The minimum absolute atomic E-state index is 0.172. The van der Waals surface area contributed by atoms with E-state index in [1.165, 1.54) is 32.1 Å². The standard InChI is InChI=1S/C11H22O2/c1-11(2,3)13-12-9-10-7-5-4-6-8-10/h10H,4-9H2,1-3H3. The Bertz CT molecular complexity index is 132. The molecule has 1 rings (SSSR count). The summed E-state index contributed by atoms with van der Waals surface area (Å²) in [5.41, 5.74) is -0.172. The molecule has 0 amide bonds. The van der Waals surface area contributed by atoms with Crippen LogP contribution in [0.3, 0.4) is 0 Å². The van der Waals surface area contributed by atoms with Crippen LogP contribution in [0.5, 0.6) is 0 Å². The molecule has 0 aromatic carbocycles. The maximum atomic E-state index is 5.24. The van der Waals surface area contributed by atoms with Crippen molar-refractivity contribution in [2.45, 2.75) is 58.5 Å². The van der Waals surface area contributed by atoms with Gasteiger partial charge < -0.3 is 0 Å². The van der Waals surface area contributed by atoms with E-state index >= 15 is 0 Å². The third kappa shape index (κ3) is 5.27. The molecule has 0 aromatic rings. The second kappa shape index (κ2) is 4.97. The number of hydrogen-bond acceptors (Lipinski definition) is 2. The molecular weight excluding hydrogens is 164 g/mol. The van der Waals surface area contributed by atoms with Crippen LogP contribution in [-0.4, -0.2) is 12.2 Å². The van der Waals surface area contributed by atoms with E-state index in [1.807, 2.05) is 20.8 Å². The summed E-state index contributed by atoms with van der Waals surface area (Å²) < 4.78 is 0. The van der Waals surface area contributed by atoms with Crippen molar-refractivity contribution in [1.29, 1.82) is 0 Å². The molecule has 78 valence electrons. The van der Waals surface area contributed by atoms with Crippen LogP contribution in [0.2, 0.25) is 0 Å². The van der Waals surface area contributed by atoms with Crippen molar-refractivity contribution in [2.24, 2.45) is 5.92 Å². The van der Waals surface area contributed by atoms with Gasteiger partial charge in [0.05, 0.1) is 12.2 Å². The Kier molecular flexibility index (Phi) is 4.20. The summed E-state index contributed by atoms with van der Waals surface area (Å²) in [7, 11) is 0. The molecule has 0 bridgehead atoms. The summed E-state index contributed by atoms with van der Waals surface area (Å²) in [6, 6.07) is 0. The molecule has 0 aliphatic heterocycles. The van der Waals surface area contributed by atoms with Gasteiger partial charge in [0.2, 0.25) is 0 Å². The molecule has 0 saturated heterocycles. The lowest BCUT2D eigenvalue weighted by molar-refractivity contribution is -0.354. The highest BCUT2D eigenvalue weighted by Crippen LogP contribution is 2.24. The molecule has 1 fully saturated rings. The summed E-state index contributed by atoms with van der Waals surface area (Å²) in [4.78, 5) is 10.5. The topological polar surface area (TPSA) is 18.5 Å². The normalized spacial score (nSPS) is 20.5. The maximum absolute atomic E-state index is 5.24. The minimum atomic E-state index is -0.172. The predicted molar refractivity (Wildman–Crippen MR) is 53.4 cm³/mol. The summed E-state index contributed by atoms with van der Waals surface area (Å²) in [6.07, 6.45) is 6.75. The van der Waals surface area contributed by atoms with Crippen LogP contribution in [0.4, 0.5) is 0 Å². The van der Waals surface area contributed by atoms with Gasteiger partial charge in [-0.05, 0) is 39.5 Å².